The number of amides is 2. The van der Waals surface area contributed by atoms with Crippen LogP contribution >= 0.6 is 11.3 Å². The lowest BCUT2D eigenvalue weighted by Gasteiger charge is -2.12. The number of urea groups is 1. The highest BCUT2D eigenvalue weighted by atomic mass is 32.1. The van der Waals surface area contributed by atoms with Crippen LogP contribution in [0.3, 0.4) is 0 Å². The van der Waals surface area contributed by atoms with Gasteiger partial charge < -0.3 is 20.5 Å². The molecular weight excluding hydrogens is 256 g/mol. The lowest BCUT2D eigenvalue weighted by molar-refractivity contribution is -0.147. The number of hydrogen-bond acceptors (Lipinski definition) is 4. The van der Waals surface area contributed by atoms with Gasteiger partial charge in [-0.15, -0.1) is 11.3 Å². The van der Waals surface area contributed by atoms with Crippen LogP contribution in [0.5, 0.6) is 0 Å². The number of carboxylic acids is 1. The molecule has 1 unspecified atom stereocenters. The second kappa shape index (κ2) is 6.97. The second-order valence-electron chi connectivity index (χ2n) is 3.65. The summed E-state index contributed by atoms with van der Waals surface area (Å²) in [7, 11) is 1.29. The van der Waals surface area contributed by atoms with Gasteiger partial charge >= 0.3 is 12.0 Å². The fourth-order valence-electron chi connectivity index (χ4n) is 1.27. The molecular formula is C11H16N2O4S. The highest BCUT2D eigenvalue weighted by Crippen LogP contribution is 2.14. The van der Waals surface area contributed by atoms with E-state index in [4.69, 9.17) is 9.84 Å². The number of rotatable bonds is 6. The maximum atomic E-state index is 11.4. The van der Waals surface area contributed by atoms with E-state index >= 15 is 0 Å². The third kappa shape index (κ3) is 4.34. The molecule has 0 radical (unpaired) electrons. The van der Waals surface area contributed by atoms with Crippen molar-refractivity contribution in [2.24, 2.45) is 0 Å². The summed E-state index contributed by atoms with van der Waals surface area (Å²) in [6.45, 7) is 2.33. The molecule has 1 aromatic heterocycles. The van der Waals surface area contributed by atoms with Crippen LogP contribution in [0.4, 0.5) is 4.79 Å². The zero-order valence-corrected chi connectivity index (χ0v) is 11.0. The molecule has 0 fully saturated rings. The Balaban J connectivity index is 2.30. The van der Waals surface area contributed by atoms with Gasteiger partial charge in [0.1, 0.15) is 0 Å². The molecule has 1 rings (SSSR count). The van der Waals surface area contributed by atoms with E-state index in [9.17, 15) is 9.59 Å². The van der Waals surface area contributed by atoms with Crippen LogP contribution in [0.1, 0.15) is 10.4 Å². The monoisotopic (exact) mass is 272 g/mol. The molecule has 0 aliphatic heterocycles. The average molecular weight is 272 g/mol. The standard InChI is InChI=1S/C11H16N2O4S/c1-7-3-4-18-9(7)6-13-11(16)12-5-8(17-2)10(14)15/h3-4,8H,5-6H2,1-2H3,(H,14,15)(H2,12,13,16). The summed E-state index contributed by atoms with van der Waals surface area (Å²) < 4.78 is 4.69. The van der Waals surface area contributed by atoms with E-state index in [1.165, 1.54) is 7.11 Å². The Labute approximate surface area is 109 Å². The Hall–Kier alpha value is -1.60. The number of nitrogens with one attached hydrogen (secondary N) is 2. The molecule has 7 heteroatoms. The number of carboxylic acid groups (broad SMARTS) is 1. The van der Waals surface area contributed by atoms with E-state index in [-0.39, 0.29) is 6.54 Å². The zero-order chi connectivity index (χ0) is 13.5. The largest absolute Gasteiger partial charge is 0.479 e. The van der Waals surface area contributed by atoms with Crippen LogP contribution in [0.25, 0.3) is 0 Å². The first kappa shape index (κ1) is 14.5. The van der Waals surface area contributed by atoms with Crippen molar-refractivity contribution in [2.45, 2.75) is 19.6 Å². The van der Waals surface area contributed by atoms with Crippen molar-refractivity contribution in [3.05, 3.63) is 21.9 Å². The average Bonchev–Trinajstić information content (AvgIpc) is 2.72. The smallest absolute Gasteiger partial charge is 0.334 e. The minimum absolute atomic E-state index is 0.0684. The zero-order valence-electron chi connectivity index (χ0n) is 10.2. The summed E-state index contributed by atoms with van der Waals surface area (Å²) in [4.78, 5) is 23.1. The van der Waals surface area contributed by atoms with Crippen molar-refractivity contribution in [3.8, 4) is 0 Å². The van der Waals surface area contributed by atoms with Crippen molar-refractivity contribution in [1.29, 1.82) is 0 Å². The molecule has 0 bridgehead atoms. The number of methoxy groups -OCH3 is 1. The number of aryl methyl sites for hydroxylation is 1. The van der Waals surface area contributed by atoms with Gasteiger partial charge in [0.05, 0.1) is 13.1 Å². The minimum atomic E-state index is -1.10. The van der Waals surface area contributed by atoms with Gasteiger partial charge in [0, 0.05) is 12.0 Å². The lowest BCUT2D eigenvalue weighted by atomic mass is 10.3. The van der Waals surface area contributed by atoms with Crippen LogP contribution in [-0.2, 0) is 16.1 Å². The van der Waals surface area contributed by atoms with Gasteiger partial charge in [0.2, 0.25) is 0 Å². The molecule has 0 aromatic carbocycles. The van der Waals surface area contributed by atoms with Gasteiger partial charge in [0.25, 0.3) is 0 Å². The first-order chi connectivity index (χ1) is 8.54. The third-order valence-electron chi connectivity index (χ3n) is 2.39. The van der Waals surface area contributed by atoms with E-state index in [0.29, 0.717) is 6.54 Å². The number of carbonyl (C=O) groups excluding carboxylic acids is 1. The molecule has 18 heavy (non-hydrogen) atoms. The number of carbonyl (C=O) groups is 2. The fourth-order valence-corrected chi connectivity index (χ4v) is 2.11. The Morgan fingerprint density at radius 1 is 1.50 bits per heavy atom. The molecule has 0 spiro atoms. The highest BCUT2D eigenvalue weighted by molar-refractivity contribution is 7.10. The highest BCUT2D eigenvalue weighted by Gasteiger charge is 2.16. The van der Waals surface area contributed by atoms with Gasteiger partial charge in [-0.1, -0.05) is 0 Å². The lowest BCUT2D eigenvalue weighted by Crippen LogP contribution is -2.42. The van der Waals surface area contributed by atoms with Crippen molar-refractivity contribution in [2.75, 3.05) is 13.7 Å². The van der Waals surface area contributed by atoms with Gasteiger partial charge in [-0.05, 0) is 23.9 Å². The van der Waals surface area contributed by atoms with Crippen LogP contribution < -0.4 is 10.6 Å². The van der Waals surface area contributed by atoms with Gasteiger partial charge in [0.15, 0.2) is 6.10 Å². The summed E-state index contributed by atoms with van der Waals surface area (Å²) in [6.07, 6.45) is -1.03. The minimum Gasteiger partial charge on any atom is -0.479 e. The van der Waals surface area contributed by atoms with E-state index in [2.05, 4.69) is 10.6 Å². The van der Waals surface area contributed by atoms with E-state index in [1.807, 2.05) is 18.4 Å². The quantitative estimate of drug-likeness (QED) is 0.719. The Bertz CT molecular complexity index is 419. The summed E-state index contributed by atoms with van der Waals surface area (Å²) in [5.74, 6) is -1.10. The maximum absolute atomic E-state index is 11.4. The summed E-state index contributed by atoms with van der Waals surface area (Å²) in [5, 5.41) is 15.8. The van der Waals surface area contributed by atoms with Crippen LogP contribution in [0.2, 0.25) is 0 Å². The molecule has 1 heterocycles. The number of aliphatic carboxylic acids is 1. The molecule has 1 atom stereocenters. The molecule has 1 aromatic rings. The molecule has 2 amide bonds. The number of thiophene rings is 1. The fraction of sp³-hybridized carbons (Fsp3) is 0.455. The van der Waals surface area contributed by atoms with Gasteiger partial charge in [-0.3, -0.25) is 0 Å². The predicted molar refractivity (Wildman–Crippen MR) is 67.7 cm³/mol. The van der Waals surface area contributed by atoms with E-state index < -0.39 is 18.1 Å². The molecule has 6 nitrogen and oxygen atoms in total. The summed E-state index contributed by atoms with van der Waals surface area (Å²) >= 11 is 1.56. The van der Waals surface area contributed by atoms with E-state index in [1.54, 1.807) is 11.3 Å². The molecule has 0 saturated heterocycles. The molecule has 100 valence electrons. The normalized spacial score (nSPS) is 11.9. The van der Waals surface area contributed by atoms with Crippen LogP contribution in [0, 0.1) is 6.92 Å². The number of ether oxygens (including phenoxy) is 1. The SMILES string of the molecule is COC(CNC(=O)NCc1sccc1C)C(=O)O. The maximum Gasteiger partial charge on any atom is 0.334 e. The molecule has 3 N–H and O–H groups in total. The Morgan fingerprint density at radius 2 is 2.22 bits per heavy atom. The number of hydrogen-bond donors (Lipinski definition) is 3. The van der Waals surface area contributed by atoms with Crippen LogP contribution in [0.15, 0.2) is 11.4 Å². The van der Waals surface area contributed by atoms with Crippen molar-refractivity contribution < 1.29 is 19.4 Å². The first-order valence-electron chi connectivity index (χ1n) is 5.35. The topological polar surface area (TPSA) is 87.7 Å². The summed E-state index contributed by atoms with van der Waals surface area (Å²) in [5.41, 5.74) is 1.13. The first-order valence-corrected chi connectivity index (χ1v) is 6.22. The Morgan fingerprint density at radius 3 is 2.72 bits per heavy atom. The van der Waals surface area contributed by atoms with Crippen LogP contribution in [-0.4, -0.2) is 36.9 Å². The molecule has 0 aliphatic carbocycles. The second-order valence-corrected chi connectivity index (χ2v) is 4.65. The third-order valence-corrected chi connectivity index (χ3v) is 3.41. The van der Waals surface area contributed by atoms with Crippen molar-refractivity contribution in [3.63, 3.8) is 0 Å². The van der Waals surface area contributed by atoms with E-state index in [0.717, 1.165) is 10.4 Å². The van der Waals surface area contributed by atoms with Crippen molar-refractivity contribution in [1.82, 2.24) is 10.6 Å². The van der Waals surface area contributed by atoms with Gasteiger partial charge in [-0.2, -0.15) is 0 Å². The predicted octanol–water partition coefficient (Wildman–Crippen LogP) is 0.955. The molecule has 0 saturated carbocycles. The molecule has 0 aliphatic rings. The van der Waals surface area contributed by atoms with Crippen molar-refractivity contribution >= 4 is 23.3 Å². The summed E-state index contributed by atoms with van der Waals surface area (Å²) in [6, 6.07) is 1.57. The van der Waals surface area contributed by atoms with Gasteiger partial charge in [-0.25, -0.2) is 9.59 Å². The Kier molecular flexibility index (Phi) is 5.60.